The van der Waals surface area contributed by atoms with Crippen LogP contribution in [0.2, 0.25) is 0 Å². The summed E-state index contributed by atoms with van der Waals surface area (Å²) < 4.78 is 0. The summed E-state index contributed by atoms with van der Waals surface area (Å²) in [4.78, 5) is 30.7. The molecule has 0 aromatic rings. The molecule has 0 saturated carbocycles. The number of rotatable bonds is 5. The van der Waals surface area contributed by atoms with Crippen LogP contribution in [0.25, 0.3) is 0 Å². The maximum Gasteiger partial charge on any atom is 1.00 e. The first kappa shape index (κ1) is 26.8. The molecule has 0 amide bonds. The maximum atomic E-state index is 10.4. The van der Waals surface area contributed by atoms with E-state index in [0.717, 1.165) is 6.92 Å². The number of carboxylic acids is 3. The second kappa shape index (κ2) is 11.2. The molecule has 0 heterocycles. The van der Waals surface area contributed by atoms with Gasteiger partial charge in [0.25, 0.3) is 0 Å². The van der Waals surface area contributed by atoms with Crippen molar-refractivity contribution in [2.24, 2.45) is 5.92 Å². The minimum Gasteiger partial charge on any atom is -0.550 e. The third-order valence-electron chi connectivity index (χ3n) is 1.84. The predicted octanol–water partition coefficient (Wildman–Crippen LogP) is -14.0. The van der Waals surface area contributed by atoms with Crippen molar-refractivity contribution in [2.45, 2.75) is 18.9 Å². The normalized spacial score (nSPS) is 13.8. The van der Waals surface area contributed by atoms with Crippen LogP contribution in [-0.2, 0) is 14.4 Å². The first-order valence-electron chi connectivity index (χ1n) is 3.56. The Morgan fingerprint density at radius 2 is 1.47 bits per heavy atom. The molecule has 0 fully saturated rings. The van der Waals surface area contributed by atoms with Crippen LogP contribution < -0.4 is 104 Å². The van der Waals surface area contributed by atoms with Crippen LogP contribution >= 0.6 is 0 Å². The zero-order valence-corrected chi connectivity index (χ0v) is 16.2. The van der Waals surface area contributed by atoms with Crippen molar-refractivity contribution in [3.63, 3.8) is 0 Å². The molecule has 0 aromatic carbocycles. The van der Waals surface area contributed by atoms with E-state index < -0.39 is 35.8 Å². The largest absolute Gasteiger partial charge is 1.00 e. The van der Waals surface area contributed by atoms with Gasteiger partial charge in [0.05, 0.1) is 5.97 Å². The molecule has 0 aliphatic heterocycles. The van der Waals surface area contributed by atoms with E-state index in [9.17, 15) is 34.8 Å². The summed E-state index contributed by atoms with van der Waals surface area (Å²) in [5.41, 5.74) is -3.02. The zero-order valence-electron chi connectivity index (χ0n) is 10.2. The van der Waals surface area contributed by atoms with Gasteiger partial charge in [0.2, 0.25) is 0 Å². The molecule has 0 aromatic heterocycles. The molecule has 0 aliphatic carbocycles. The van der Waals surface area contributed by atoms with Crippen LogP contribution in [0, 0.1) is 5.92 Å². The SMILES string of the molecule is CC(C(=O)[O-])C(O)(CC(=O)[O-])C(=O)[O-].[Na+].[Na+].[Na+]. The smallest absolute Gasteiger partial charge is 0.550 e. The van der Waals surface area contributed by atoms with Crippen LogP contribution in [-0.4, -0.2) is 28.6 Å². The third kappa shape index (κ3) is 8.20. The number of carbonyl (C=O) groups excluding carboxylic acids is 3. The summed E-state index contributed by atoms with van der Waals surface area (Å²) in [6.45, 7) is 0.800. The quantitative estimate of drug-likeness (QED) is 0.490. The van der Waals surface area contributed by atoms with E-state index in [1.54, 1.807) is 0 Å². The Morgan fingerprint density at radius 1 is 1.12 bits per heavy atom. The monoisotopic (exact) mass is 272 g/mol. The number of aliphatic carboxylic acids is 3. The summed E-state index contributed by atoms with van der Waals surface area (Å²) >= 11 is 0. The summed E-state index contributed by atoms with van der Waals surface area (Å²) in [5.74, 6) is -7.90. The minimum absolute atomic E-state index is 0. The van der Waals surface area contributed by atoms with Gasteiger partial charge in [0, 0.05) is 24.3 Å². The molecular weight excluding hydrogens is 265 g/mol. The van der Waals surface area contributed by atoms with Crippen LogP contribution in [0.5, 0.6) is 0 Å². The fraction of sp³-hybridized carbons (Fsp3) is 0.571. The first-order valence-corrected chi connectivity index (χ1v) is 3.56. The van der Waals surface area contributed by atoms with Crippen molar-refractivity contribution in [3.05, 3.63) is 0 Å². The Morgan fingerprint density at radius 3 is 1.65 bits per heavy atom. The van der Waals surface area contributed by atoms with Crippen molar-refractivity contribution >= 4 is 17.9 Å². The van der Waals surface area contributed by atoms with Gasteiger partial charge < -0.3 is 34.8 Å². The second-order valence-corrected chi connectivity index (χ2v) is 2.80. The van der Waals surface area contributed by atoms with Gasteiger partial charge in [-0.25, -0.2) is 0 Å². The van der Waals surface area contributed by atoms with Gasteiger partial charge in [-0.15, -0.1) is 0 Å². The van der Waals surface area contributed by atoms with Crippen molar-refractivity contribution < 1.29 is 123 Å². The fourth-order valence-corrected chi connectivity index (χ4v) is 0.817. The summed E-state index contributed by atoms with van der Waals surface area (Å²) in [7, 11) is 0. The summed E-state index contributed by atoms with van der Waals surface area (Å²) in [6.07, 6.45) is -1.37. The molecule has 0 spiro atoms. The van der Waals surface area contributed by atoms with Gasteiger partial charge in [-0.2, -0.15) is 0 Å². The molecule has 0 aliphatic rings. The van der Waals surface area contributed by atoms with Gasteiger partial charge in [0.1, 0.15) is 5.60 Å². The molecule has 0 bridgehead atoms. The molecule has 0 rings (SSSR count). The third-order valence-corrected chi connectivity index (χ3v) is 1.84. The molecule has 80 valence electrons. The van der Waals surface area contributed by atoms with Gasteiger partial charge in [-0.05, 0) is 0 Å². The molecule has 0 radical (unpaired) electrons. The van der Waals surface area contributed by atoms with E-state index in [1.165, 1.54) is 0 Å². The molecule has 17 heavy (non-hydrogen) atoms. The van der Waals surface area contributed by atoms with Gasteiger partial charge in [0.15, 0.2) is 0 Å². The Labute approximate surface area is 164 Å². The molecule has 2 unspecified atom stereocenters. The van der Waals surface area contributed by atoms with Crippen LogP contribution in [0.4, 0.5) is 0 Å². The average Bonchev–Trinajstić information content (AvgIpc) is 2.00. The van der Waals surface area contributed by atoms with Crippen molar-refractivity contribution in [3.8, 4) is 0 Å². The van der Waals surface area contributed by atoms with Gasteiger partial charge in [-0.3, -0.25) is 0 Å². The van der Waals surface area contributed by atoms with Gasteiger partial charge >= 0.3 is 88.7 Å². The van der Waals surface area contributed by atoms with E-state index in [0.29, 0.717) is 0 Å². The van der Waals surface area contributed by atoms with Crippen molar-refractivity contribution in [1.82, 2.24) is 0 Å². The molecular formula is C7H7Na3O7. The number of hydrogen-bond acceptors (Lipinski definition) is 7. The van der Waals surface area contributed by atoms with Crippen molar-refractivity contribution in [2.75, 3.05) is 0 Å². The zero-order chi connectivity index (χ0) is 11.5. The van der Waals surface area contributed by atoms with Crippen LogP contribution in [0.3, 0.4) is 0 Å². The van der Waals surface area contributed by atoms with E-state index in [4.69, 9.17) is 0 Å². The molecule has 10 heteroatoms. The summed E-state index contributed by atoms with van der Waals surface area (Å²) in [5, 5.41) is 39.9. The van der Waals surface area contributed by atoms with E-state index >= 15 is 0 Å². The van der Waals surface area contributed by atoms with E-state index in [1.807, 2.05) is 0 Å². The number of carboxylic acid groups (broad SMARTS) is 3. The van der Waals surface area contributed by atoms with Crippen LogP contribution in [0.15, 0.2) is 0 Å². The number of hydrogen-bond donors (Lipinski definition) is 1. The molecule has 1 N–H and O–H groups in total. The number of carbonyl (C=O) groups is 3. The van der Waals surface area contributed by atoms with Crippen molar-refractivity contribution in [1.29, 1.82) is 0 Å². The van der Waals surface area contributed by atoms with Crippen LogP contribution in [0.1, 0.15) is 13.3 Å². The Kier molecular flexibility index (Phi) is 17.7. The fourth-order valence-electron chi connectivity index (χ4n) is 0.817. The average molecular weight is 272 g/mol. The van der Waals surface area contributed by atoms with E-state index in [2.05, 4.69) is 0 Å². The maximum absolute atomic E-state index is 10.4. The van der Waals surface area contributed by atoms with E-state index in [-0.39, 0.29) is 88.7 Å². The Hall–Kier alpha value is 1.37. The molecule has 0 saturated heterocycles. The second-order valence-electron chi connectivity index (χ2n) is 2.80. The van der Waals surface area contributed by atoms with Gasteiger partial charge in [-0.1, -0.05) is 6.92 Å². The first-order chi connectivity index (χ1) is 6.21. The summed E-state index contributed by atoms with van der Waals surface area (Å²) in [6, 6.07) is 0. The minimum atomic E-state index is -3.02. The molecule has 7 nitrogen and oxygen atoms in total. The number of aliphatic hydroxyl groups is 1. The molecule has 2 atom stereocenters. The standard InChI is InChI=1S/C7H10O7.3Na/c1-3(5(10)11)7(14,6(12)13)2-4(8)9;;;/h3,14H,2H2,1H3,(H,8,9)(H,10,11)(H,12,13);;;/q;3*+1/p-3. The topological polar surface area (TPSA) is 141 Å². The predicted molar refractivity (Wildman–Crippen MR) is 33.8 cm³/mol. The Balaban J connectivity index is -0.000000282. The Bertz CT molecular complexity index is 283.